The van der Waals surface area contributed by atoms with Gasteiger partial charge in [-0.25, -0.2) is 13.4 Å². The molecule has 1 amide bonds. The maximum absolute atomic E-state index is 13.2. The van der Waals surface area contributed by atoms with Crippen molar-refractivity contribution in [2.24, 2.45) is 5.16 Å². The van der Waals surface area contributed by atoms with Gasteiger partial charge in [-0.3, -0.25) is 10.1 Å². The summed E-state index contributed by atoms with van der Waals surface area (Å²) in [6, 6.07) is 6.06. The number of hydrogen-bond acceptors (Lipinski definition) is 10. The first-order valence-electron chi connectivity index (χ1n) is 11.8. The Balaban J connectivity index is 1.79. The molecule has 0 bridgehead atoms. The Kier molecular flexibility index (Phi) is 10.8. The minimum Gasteiger partial charge on any atom is -0.392 e. The molecule has 1 N–H and O–H groups in total. The zero-order chi connectivity index (χ0) is 26.0. The van der Waals surface area contributed by atoms with E-state index in [2.05, 4.69) is 15.5 Å². The van der Waals surface area contributed by atoms with Crippen molar-refractivity contribution in [2.75, 3.05) is 38.5 Å². The van der Waals surface area contributed by atoms with Crippen LogP contribution in [0.4, 0.5) is 5.13 Å². The van der Waals surface area contributed by atoms with Gasteiger partial charge < -0.3 is 19.0 Å². The number of nitrogens with one attached hydrogen (secondary N) is 1. The summed E-state index contributed by atoms with van der Waals surface area (Å²) >= 11 is 1.29. The molecular formula is C24H33N3O7S2. The molecule has 1 heterocycles. The van der Waals surface area contributed by atoms with E-state index in [1.807, 2.05) is 6.92 Å². The number of oxime groups is 1. The molecular weight excluding hydrogens is 506 g/mol. The van der Waals surface area contributed by atoms with E-state index in [-0.39, 0.29) is 28.6 Å². The molecule has 1 aliphatic rings. The number of amides is 1. The Morgan fingerprint density at radius 3 is 2.61 bits per heavy atom. The van der Waals surface area contributed by atoms with Crippen LogP contribution in [0.15, 0.2) is 40.5 Å². The smallest absolute Gasteiger partial charge is 0.280 e. The van der Waals surface area contributed by atoms with Crippen LogP contribution in [-0.4, -0.2) is 70.4 Å². The second-order valence-corrected chi connectivity index (χ2v) is 11.5. The fourth-order valence-electron chi connectivity index (χ4n) is 3.80. The van der Waals surface area contributed by atoms with E-state index >= 15 is 0 Å². The molecule has 1 saturated carbocycles. The number of carbonyl (C=O) groups is 1. The van der Waals surface area contributed by atoms with Gasteiger partial charge in [0.25, 0.3) is 5.91 Å². The Bertz CT molecular complexity index is 1120. The zero-order valence-electron chi connectivity index (χ0n) is 20.8. The Morgan fingerprint density at radius 1 is 1.17 bits per heavy atom. The first kappa shape index (κ1) is 28.2. The molecule has 0 unspecified atom stereocenters. The summed E-state index contributed by atoms with van der Waals surface area (Å²) in [5.74, 6) is -0.537. The highest BCUT2D eigenvalue weighted by Gasteiger charge is 2.27. The van der Waals surface area contributed by atoms with Crippen molar-refractivity contribution >= 4 is 37.9 Å². The van der Waals surface area contributed by atoms with Crippen molar-refractivity contribution in [2.45, 2.75) is 56.3 Å². The highest BCUT2D eigenvalue weighted by Crippen LogP contribution is 2.25. The number of anilines is 1. The minimum atomic E-state index is -3.47. The lowest BCUT2D eigenvalue weighted by molar-refractivity contribution is -0.110. The highest BCUT2D eigenvalue weighted by atomic mass is 32.2. The maximum Gasteiger partial charge on any atom is 0.280 e. The largest absolute Gasteiger partial charge is 0.392 e. The number of hydrogen-bond donors (Lipinski definition) is 1. The lowest BCUT2D eigenvalue weighted by Crippen LogP contribution is -2.25. The van der Waals surface area contributed by atoms with Gasteiger partial charge in [-0.2, -0.15) is 0 Å². The van der Waals surface area contributed by atoms with Crippen LogP contribution in [0.1, 0.15) is 43.0 Å². The van der Waals surface area contributed by atoms with Crippen LogP contribution in [0.25, 0.3) is 0 Å². The van der Waals surface area contributed by atoms with Crippen molar-refractivity contribution in [3.05, 3.63) is 40.9 Å². The van der Waals surface area contributed by atoms with E-state index in [0.29, 0.717) is 43.4 Å². The zero-order valence-corrected chi connectivity index (χ0v) is 22.4. The second kappa shape index (κ2) is 13.8. The van der Waals surface area contributed by atoms with Crippen molar-refractivity contribution in [1.29, 1.82) is 0 Å². The van der Waals surface area contributed by atoms with Crippen LogP contribution in [0.3, 0.4) is 0 Å². The van der Waals surface area contributed by atoms with Gasteiger partial charge in [0.05, 0.1) is 28.2 Å². The summed E-state index contributed by atoms with van der Waals surface area (Å²) in [5.41, 5.74) is 0.457. The third-order valence-corrected chi connectivity index (χ3v) is 8.26. The van der Waals surface area contributed by atoms with Crippen molar-refractivity contribution in [3.63, 3.8) is 0 Å². The number of nitrogens with zero attached hydrogens (tertiary/aromatic N) is 2. The minimum absolute atomic E-state index is 0.0265. The van der Waals surface area contributed by atoms with Gasteiger partial charge in [-0.05, 0) is 38.3 Å². The quantitative estimate of drug-likeness (QED) is 0.220. The highest BCUT2D eigenvalue weighted by molar-refractivity contribution is 7.91. The van der Waals surface area contributed by atoms with Crippen LogP contribution in [0.5, 0.6) is 0 Å². The van der Waals surface area contributed by atoms with E-state index < -0.39 is 15.7 Å². The molecule has 0 spiro atoms. The summed E-state index contributed by atoms with van der Waals surface area (Å²) in [6.07, 6.45) is 4.31. The summed E-state index contributed by atoms with van der Waals surface area (Å²) in [4.78, 5) is 24.1. The Morgan fingerprint density at radius 2 is 1.92 bits per heavy atom. The van der Waals surface area contributed by atoms with Crippen molar-refractivity contribution in [1.82, 2.24) is 4.98 Å². The number of sulfone groups is 1. The molecule has 1 aromatic carbocycles. The van der Waals surface area contributed by atoms with Crippen LogP contribution in [0.2, 0.25) is 0 Å². The van der Waals surface area contributed by atoms with E-state index in [1.165, 1.54) is 30.6 Å². The predicted molar refractivity (Wildman–Crippen MR) is 137 cm³/mol. The fourth-order valence-corrected chi connectivity index (χ4v) is 5.86. The van der Waals surface area contributed by atoms with Gasteiger partial charge in [0.1, 0.15) is 6.10 Å². The average Bonchev–Trinajstić information content (AvgIpc) is 3.49. The van der Waals surface area contributed by atoms with Gasteiger partial charge in [0.15, 0.2) is 20.7 Å². The van der Waals surface area contributed by atoms with Gasteiger partial charge >= 0.3 is 0 Å². The summed E-state index contributed by atoms with van der Waals surface area (Å²) < 4.78 is 40.9. The van der Waals surface area contributed by atoms with Gasteiger partial charge in [0, 0.05) is 45.6 Å². The number of carbonyl (C=O) groups excluding carboxylic acids is 1. The first-order valence-corrected chi connectivity index (χ1v) is 14.3. The fraction of sp³-hybridized carbons (Fsp3) is 0.542. The van der Waals surface area contributed by atoms with Crippen molar-refractivity contribution in [3.8, 4) is 0 Å². The number of ether oxygens (including phenoxy) is 3. The SMILES string of the molecule is CCO[C@@H]1CC[C@@H](O/N=C(/C(=O)Nc2ncc(COC)s2)c2ccc(S(=O)(=O)CCCOC)cc2)C1. The summed E-state index contributed by atoms with van der Waals surface area (Å²) in [7, 11) is -0.355. The molecule has 1 aliphatic carbocycles. The molecule has 2 atom stereocenters. The molecule has 0 radical (unpaired) electrons. The monoisotopic (exact) mass is 539 g/mol. The van der Waals surface area contributed by atoms with E-state index in [0.717, 1.165) is 17.7 Å². The molecule has 3 rings (SSSR count). The molecule has 1 fully saturated rings. The Hall–Kier alpha value is -2.38. The summed E-state index contributed by atoms with van der Waals surface area (Å²) in [6.45, 7) is 3.33. The maximum atomic E-state index is 13.2. The number of aromatic nitrogens is 1. The molecule has 0 aliphatic heterocycles. The molecule has 2 aromatic rings. The first-order chi connectivity index (χ1) is 17.4. The lowest BCUT2D eigenvalue weighted by atomic mass is 10.1. The number of thiazole rings is 1. The van der Waals surface area contributed by atoms with Crippen molar-refractivity contribution < 1.29 is 32.3 Å². The molecule has 1 aromatic heterocycles. The van der Waals surface area contributed by atoms with Crippen LogP contribution in [-0.2, 0) is 40.3 Å². The lowest BCUT2D eigenvalue weighted by Gasteiger charge is -2.12. The van der Waals surface area contributed by atoms with Crippen LogP contribution in [0, 0.1) is 0 Å². The molecule has 10 nitrogen and oxygen atoms in total. The van der Waals surface area contributed by atoms with E-state index in [9.17, 15) is 13.2 Å². The van der Waals surface area contributed by atoms with Crippen LogP contribution >= 0.6 is 11.3 Å². The number of methoxy groups -OCH3 is 2. The number of rotatable bonds is 14. The third-order valence-electron chi connectivity index (χ3n) is 5.56. The molecule has 0 saturated heterocycles. The molecule has 36 heavy (non-hydrogen) atoms. The second-order valence-electron chi connectivity index (χ2n) is 8.27. The van der Waals surface area contributed by atoms with Gasteiger partial charge in [-0.15, -0.1) is 0 Å². The summed E-state index contributed by atoms with van der Waals surface area (Å²) in [5, 5.41) is 7.34. The molecule has 12 heteroatoms. The van der Waals surface area contributed by atoms with Gasteiger partial charge in [0.2, 0.25) is 0 Å². The topological polar surface area (TPSA) is 125 Å². The Labute approximate surface area is 215 Å². The predicted octanol–water partition coefficient (Wildman–Crippen LogP) is 3.42. The van der Waals surface area contributed by atoms with Gasteiger partial charge in [-0.1, -0.05) is 28.6 Å². The molecule has 198 valence electrons. The normalized spacial score (nSPS) is 18.4. The van der Waals surface area contributed by atoms with E-state index in [4.69, 9.17) is 19.0 Å². The number of benzene rings is 1. The van der Waals surface area contributed by atoms with E-state index in [1.54, 1.807) is 25.4 Å². The average molecular weight is 540 g/mol. The van der Waals surface area contributed by atoms with Crippen LogP contribution < -0.4 is 5.32 Å². The standard InChI is InChI=1S/C24H33N3O7S2/c1-4-33-18-8-9-19(14-18)34-27-22(23(28)26-24-25-15-20(35-24)16-32-3)17-6-10-21(11-7-17)36(29,30)13-5-12-31-2/h6-7,10-11,15,18-19H,4-5,8-9,12-14,16H2,1-3H3,(H,25,26,28)/b27-22+/t18-,19-/m1/s1. The third kappa shape index (κ3) is 8.07.